The molecule has 0 N–H and O–H groups in total. The quantitative estimate of drug-likeness (QED) is 0.747. The van der Waals surface area contributed by atoms with Crippen LogP contribution in [0.1, 0.15) is 0 Å². The molecule has 3 amide bonds. The molecule has 6 heteroatoms. The zero-order valence-electron chi connectivity index (χ0n) is 11.0. The van der Waals surface area contributed by atoms with Gasteiger partial charge in [-0.15, -0.1) is 0 Å². The van der Waals surface area contributed by atoms with Gasteiger partial charge in [0.2, 0.25) is 0 Å². The highest BCUT2D eigenvalue weighted by atomic mass is 16.5. The van der Waals surface area contributed by atoms with Gasteiger partial charge < -0.3 is 14.4 Å². The predicted octanol–water partition coefficient (Wildman–Crippen LogP) is 1.11. The Hall–Kier alpha value is -2.08. The van der Waals surface area contributed by atoms with Gasteiger partial charge in [-0.3, -0.25) is 4.79 Å². The van der Waals surface area contributed by atoms with E-state index < -0.39 is 0 Å². The molecule has 1 heterocycles. The minimum absolute atomic E-state index is 0.0697. The first kappa shape index (κ1) is 13.4. The lowest BCUT2D eigenvalue weighted by Gasteiger charge is -2.18. The average molecular weight is 264 g/mol. The highest BCUT2D eigenvalue weighted by Crippen LogP contribution is 2.30. The fourth-order valence-corrected chi connectivity index (χ4v) is 1.98. The summed E-state index contributed by atoms with van der Waals surface area (Å²) in [6.45, 7) is 0.867. The van der Waals surface area contributed by atoms with E-state index in [1.165, 1.54) is 12.0 Å². The number of nitrogens with zero attached hydrogens (tertiary/aromatic N) is 2. The second kappa shape index (κ2) is 5.71. The topological polar surface area (TPSA) is 59.1 Å². The molecule has 102 valence electrons. The Bertz CT molecular complexity index is 489. The van der Waals surface area contributed by atoms with Crippen LogP contribution in [0.4, 0.5) is 10.5 Å². The van der Waals surface area contributed by atoms with Crippen molar-refractivity contribution in [1.29, 1.82) is 0 Å². The highest BCUT2D eigenvalue weighted by molar-refractivity contribution is 6.20. The number of para-hydroxylation sites is 2. The van der Waals surface area contributed by atoms with Crippen LogP contribution in [0.3, 0.4) is 0 Å². The van der Waals surface area contributed by atoms with E-state index in [0.29, 0.717) is 24.6 Å². The number of ether oxygens (including phenoxy) is 2. The molecule has 1 aromatic rings. The van der Waals surface area contributed by atoms with E-state index in [2.05, 4.69) is 0 Å². The number of carbonyl (C=O) groups excluding carboxylic acids is 2. The van der Waals surface area contributed by atoms with Crippen molar-refractivity contribution in [2.75, 3.05) is 38.8 Å². The highest BCUT2D eigenvalue weighted by Gasteiger charge is 2.38. The number of carbonyl (C=O) groups is 2. The molecule has 1 aliphatic heterocycles. The molecule has 0 unspecified atom stereocenters. The molecule has 0 saturated carbocycles. The summed E-state index contributed by atoms with van der Waals surface area (Å²) in [5, 5.41) is 0. The van der Waals surface area contributed by atoms with Gasteiger partial charge in [-0.1, -0.05) is 12.1 Å². The Morgan fingerprint density at radius 2 is 1.95 bits per heavy atom. The molecule has 0 bridgehead atoms. The monoisotopic (exact) mass is 264 g/mol. The van der Waals surface area contributed by atoms with Crippen LogP contribution < -0.4 is 9.64 Å². The van der Waals surface area contributed by atoms with Gasteiger partial charge >= 0.3 is 6.03 Å². The van der Waals surface area contributed by atoms with Gasteiger partial charge in [0.1, 0.15) is 12.3 Å². The van der Waals surface area contributed by atoms with Crippen LogP contribution >= 0.6 is 0 Å². The van der Waals surface area contributed by atoms with Gasteiger partial charge in [0, 0.05) is 13.7 Å². The molecule has 19 heavy (non-hydrogen) atoms. The molecule has 2 rings (SSSR count). The minimum atomic E-state index is -0.341. The van der Waals surface area contributed by atoms with Crippen molar-refractivity contribution in [2.24, 2.45) is 0 Å². The van der Waals surface area contributed by atoms with Crippen LogP contribution in [0.25, 0.3) is 0 Å². The molecule has 0 aromatic heterocycles. The van der Waals surface area contributed by atoms with Crippen LogP contribution in [0.2, 0.25) is 0 Å². The van der Waals surface area contributed by atoms with Crippen molar-refractivity contribution >= 4 is 17.6 Å². The largest absolute Gasteiger partial charge is 0.495 e. The number of urea groups is 1. The van der Waals surface area contributed by atoms with E-state index in [0.717, 1.165) is 4.90 Å². The van der Waals surface area contributed by atoms with Gasteiger partial charge in [-0.2, -0.15) is 0 Å². The van der Waals surface area contributed by atoms with Crippen molar-refractivity contribution in [2.45, 2.75) is 0 Å². The Labute approximate surface area is 111 Å². The smallest absolute Gasteiger partial charge is 0.332 e. The van der Waals surface area contributed by atoms with Crippen molar-refractivity contribution in [1.82, 2.24) is 4.90 Å². The van der Waals surface area contributed by atoms with E-state index in [4.69, 9.17) is 9.47 Å². The third-order valence-corrected chi connectivity index (χ3v) is 2.93. The molecule has 6 nitrogen and oxygen atoms in total. The second-order valence-corrected chi connectivity index (χ2v) is 4.10. The van der Waals surface area contributed by atoms with Crippen LogP contribution in [0.15, 0.2) is 24.3 Å². The van der Waals surface area contributed by atoms with E-state index >= 15 is 0 Å². The normalized spacial score (nSPS) is 15.3. The fraction of sp³-hybridized carbons (Fsp3) is 0.385. The molecule has 0 atom stereocenters. The minimum Gasteiger partial charge on any atom is -0.495 e. The standard InChI is InChI=1S/C13H16N2O4/c1-18-8-7-14-9-12(16)15(13(14)17)10-5-3-4-6-11(10)19-2/h3-6H,7-9H2,1-2H3. The van der Waals surface area contributed by atoms with Gasteiger partial charge in [0.25, 0.3) is 5.91 Å². The van der Waals surface area contributed by atoms with Crippen molar-refractivity contribution in [3.05, 3.63) is 24.3 Å². The first-order valence-corrected chi connectivity index (χ1v) is 5.93. The average Bonchev–Trinajstić information content (AvgIpc) is 2.71. The number of benzene rings is 1. The number of rotatable bonds is 5. The number of imide groups is 1. The molecular formula is C13H16N2O4. The molecule has 0 spiro atoms. The van der Waals surface area contributed by atoms with Crippen LogP contribution in [0, 0.1) is 0 Å². The van der Waals surface area contributed by atoms with Gasteiger partial charge in [-0.05, 0) is 12.1 Å². The third-order valence-electron chi connectivity index (χ3n) is 2.93. The van der Waals surface area contributed by atoms with E-state index in [9.17, 15) is 9.59 Å². The third kappa shape index (κ3) is 2.53. The maximum absolute atomic E-state index is 12.2. The van der Waals surface area contributed by atoms with Crippen molar-refractivity contribution in [3.63, 3.8) is 0 Å². The summed E-state index contributed by atoms with van der Waals surface area (Å²) in [5.41, 5.74) is 0.472. The number of anilines is 1. The van der Waals surface area contributed by atoms with Crippen LogP contribution in [0.5, 0.6) is 5.75 Å². The number of methoxy groups -OCH3 is 2. The summed E-state index contributed by atoms with van der Waals surface area (Å²) in [6, 6.07) is 6.61. The second-order valence-electron chi connectivity index (χ2n) is 4.10. The van der Waals surface area contributed by atoms with E-state index in [1.54, 1.807) is 31.4 Å². The summed E-state index contributed by atoms with van der Waals surface area (Å²) in [6.07, 6.45) is 0. The SMILES string of the molecule is COCCN1CC(=O)N(c2ccccc2OC)C1=O. The van der Waals surface area contributed by atoms with Crippen molar-refractivity contribution in [3.8, 4) is 5.75 Å². The van der Waals surface area contributed by atoms with E-state index in [-0.39, 0.29) is 18.5 Å². The molecule has 1 fully saturated rings. The van der Waals surface area contributed by atoms with Gasteiger partial charge in [0.05, 0.1) is 19.4 Å². The first-order chi connectivity index (χ1) is 9.19. The molecule has 1 aromatic carbocycles. The molecule has 1 saturated heterocycles. The zero-order valence-corrected chi connectivity index (χ0v) is 11.0. The maximum atomic E-state index is 12.2. The Balaban J connectivity index is 2.25. The molecular weight excluding hydrogens is 248 g/mol. The number of hydrogen-bond acceptors (Lipinski definition) is 4. The lowest BCUT2D eigenvalue weighted by atomic mass is 10.2. The number of amides is 3. The molecule has 1 aliphatic rings. The summed E-state index contributed by atoms with van der Waals surface area (Å²) in [5.74, 6) is 0.239. The molecule has 0 aliphatic carbocycles. The molecule has 0 radical (unpaired) electrons. The Morgan fingerprint density at radius 3 is 2.63 bits per heavy atom. The maximum Gasteiger partial charge on any atom is 0.332 e. The summed E-state index contributed by atoms with van der Waals surface area (Å²) < 4.78 is 10.1. The Morgan fingerprint density at radius 1 is 1.21 bits per heavy atom. The first-order valence-electron chi connectivity index (χ1n) is 5.93. The predicted molar refractivity (Wildman–Crippen MR) is 69.3 cm³/mol. The lowest BCUT2D eigenvalue weighted by Crippen LogP contribution is -2.34. The zero-order chi connectivity index (χ0) is 13.8. The van der Waals surface area contributed by atoms with Gasteiger partial charge in [0.15, 0.2) is 0 Å². The lowest BCUT2D eigenvalue weighted by molar-refractivity contribution is -0.116. The van der Waals surface area contributed by atoms with Crippen molar-refractivity contribution < 1.29 is 19.1 Å². The summed E-state index contributed by atoms with van der Waals surface area (Å²) >= 11 is 0. The summed E-state index contributed by atoms with van der Waals surface area (Å²) in [4.78, 5) is 26.8. The number of hydrogen-bond donors (Lipinski definition) is 0. The van der Waals surface area contributed by atoms with E-state index in [1.807, 2.05) is 0 Å². The fourth-order valence-electron chi connectivity index (χ4n) is 1.98. The van der Waals surface area contributed by atoms with Crippen LogP contribution in [-0.2, 0) is 9.53 Å². The summed E-state index contributed by atoms with van der Waals surface area (Å²) in [7, 11) is 3.06. The van der Waals surface area contributed by atoms with Gasteiger partial charge in [-0.25, -0.2) is 9.69 Å². The van der Waals surface area contributed by atoms with Crippen LogP contribution in [-0.4, -0.2) is 50.8 Å². The Kier molecular flexibility index (Phi) is 4.01.